The van der Waals surface area contributed by atoms with E-state index in [2.05, 4.69) is 20.3 Å². The molecule has 0 aliphatic rings. The lowest BCUT2D eigenvalue weighted by Crippen LogP contribution is -2.15. The van der Waals surface area contributed by atoms with Crippen LogP contribution in [-0.4, -0.2) is 31.2 Å². The minimum absolute atomic E-state index is 0.0822. The number of aromatic nitrogens is 4. The molecule has 7 heteroatoms. The monoisotopic (exact) mass is 325 g/mol. The predicted molar refractivity (Wildman–Crippen MR) is 90.4 cm³/mol. The molecule has 0 saturated carbocycles. The second-order valence-electron chi connectivity index (χ2n) is 4.76. The Morgan fingerprint density at radius 3 is 2.87 bits per heavy atom. The number of hydrogen-bond donors (Lipinski definition) is 1. The van der Waals surface area contributed by atoms with Gasteiger partial charge in [0.05, 0.1) is 5.75 Å². The Hall–Kier alpha value is -2.67. The molecule has 116 valence electrons. The van der Waals surface area contributed by atoms with Crippen LogP contribution >= 0.6 is 11.8 Å². The maximum Gasteiger partial charge on any atom is 0.235 e. The Kier molecular flexibility index (Phi) is 5.00. The Morgan fingerprint density at radius 1 is 1.22 bits per heavy atom. The Balaban J connectivity index is 1.53. The van der Waals surface area contributed by atoms with Crippen LogP contribution in [0.3, 0.4) is 0 Å². The number of benzene rings is 1. The van der Waals surface area contributed by atoms with Gasteiger partial charge in [-0.15, -0.1) is 11.8 Å². The number of thioether (sulfide) groups is 1. The third-order valence-corrected chi connectivity index (χ3v) is 4.04. The lowest BCUT2D eigenvalue weighted by Gasteiger charge is -2.06. The first-order chi connectivity index (χ1) is 11.3. The molecule has 2 heterocycles. The first-order valence-corrected chi connectivity index (χ1v) is 8.18. The molecule has 1 N–H and O–H groups in total. The number of carbonyl (C=O) groups is 1. The SMILES string of the molecule is O=C(CSCc1ccccc1)Nc1cc(-n2ccnc2)ncn1. The molecule has 0 radical (unpaired) electrons. The third-order valence-electron chi connectivity index (χ3n) is 3.03. The van der Waals surface area contributed by atoms with Crippen molar-refractivity contribution in [3.63, 3.8) is 0 Å². The van der Waals surface area contributed by atoms with Gasteiger partial charge in [0.25, 0.3) is 0 Å². The summed E-state index contributed by atoms with van der Waals surface area (Å²) in [4.78, 5) is 24.2. The number of anilines is 1. The summed E-state index contributed by atoms with van der Waals surface area (Å²) in [6, 6.07) is 11.8. The van der Waals surface area contributed by atoms with Gasteiger partial charge in [-0.3, -0.25) is 9.36 Å². The molecule has 0 saturated heterocycles. The quantitative estimate of drug-likeness (QED) is 0.754. The average Bonchev–Trinajstić information content (AvgIpc) is 3.11. The molecule has 2 aromatic heterocycles. The summed E-state index contributed by atoms with van der Waals surface area (Å²) in [5.41, 5.74) is 1.20. The molecular weight excluding hydrogens is 310 g/mol. The van der Waals surface area contributed by atoms with Crippen molar-refractivity contribution in [3.8, 4) is 5.82 Å². The standard InChI is InChI=1S/C16H15N5OS/c22-16(10-23-9-13-4-2-1-3-5-13)20-14-8-15(19-11-18-14)21-7-6-17-12-21/h1-8,11-12H,9-10H2,(H,18,19,20,22). The lowest BCUT2D eigenvalue weighted by molar-refractivity contribution is -0.113. The maximum absolute atomic E-state index is 12.0. The Bertz CT molecular complexity index is 761. The van der Waals surface area contributed by atoms with Crippen LogP contribution in [0.15, 0.2) is 61.4 Å². The first-order valence-electron chi connectivity index (χ1n) is 7.03. The van der Waals surface area contributed by atoms with Crippen LogP contribution in [0, 0.1) is 0 Å². The molecule has 3 aromatic rings. The highest BCUT2D eigenvalue weighted by Crippen LogP contribution is 2.13. The van der Waals surface area contributed by atoms with E-state index >= 15 is 0 Å². The van der Waals surface area contributed by atoms with E-state index in [9.17, 15) is 4.79 Å². The van der Waals surface area contributed by atoms with Crippen LogP contribution in [0.5, 0.6) is 0 Å². The molecule has 1 aromatic carbocycles. The van der Waals surface area contributed by atoms with E-state index in [0.29, 0.717) is 17.4 Å². The van der Waals surface area contributed by atoms with Crippen molar-refractivity contribution in [3.05, 3.63) is 67.0 Å². The van der Waals surface area contributed by atoms with Crippen LogP contribution in [-0.2, 0) is 10.5 Å². The van der Waals surface area contributed by atoms with Crippen LogP contribution < -0.4 is 5.32 Å². The summed E-state index contributed by atoms with van der Waals surface area (Å²) < 4.78 is 1.75. The molecule has 0 unspecified atom stereocenters. The predicted octanol–water partition coefficient (Wildman–Crippen LogP) is 2.53. The van der Waals surface area contributed by atoms with E-state index in [1.54, 1.807) is 41.1 Å². The largest absolute Gasteiger partial charge is 0.310 e. The molecule has 6 nitrogen and oxygen atoms in total. The van der Waals surface area contributed by atoms with Crippen molar-refractivity contribution < 1.29 is 4.79 Å². The summed E-state index contributed by atoms with van der Waals surface area (Å²) in [6.45, 7) is 0. The molecule has 1 amide bonds. The van der Waals surface area contributed by atoms with Crippen molar-refractivity contribution in [2.45, 2.75) is 5.75 Å². The first kappa shape index (κ1) is 15.2. The number of imidazole rings is 1. The van der Waals surface area contributed by atoms with Gasteiger partial charge in [0, 0.05) is 24.2 Å². The van der Waals surface area contributed by atoms with Gasteiger partial charge < -0.3 is 5.32 Å². The van der Waals surface area contributed by atoms with Crippen molar-refractivity contribution in [1.29, 1.82) is 0 Å². The molecule has 0 fully saturated rings. The van der Waals surface area contributed by atoms with Gasteiger partial charge in [-0.1, -0.05) is 30.3 Å². The zero-order chi connectivity index (χ0) is 15.9. The zero-order valence-corrected chi connectivity index (χ0v) is 13.1. The van der Waals surface area contributed by atoms with E-state index in [4.69, 9.17) is 0 Å². The van der Waals surface area contributed by atoms with E-state index in [1.807, 2.05) is 30.3 Å². The fourth-order valence-corrected chi connectivity index (χ4v) is 2.75. The van der Waals surface area contributed by atoms with Crippen LogP contribution in [0.25, 0.3) is 5.82 Å². The fourth-order valence-electron chi connectivity index (χ4n) is 1.97. The van der Waals surface area contributed by atoms with Crippen molar-refractivity contribution in [2.75, 3.05) is 11.1 Å². The second kappa shape index (κ2) is 7.55. The number of carbonyl (C=O) groups excluding carboxylic acids is 1. The van der Waals surface area contributed by atoms with Gasteiger partial charge in [-0.2, -0.15) is 0 Å². The van der Waals surface area contributed by atoms with E-state index in [0.717, 1.165) is 5.75 Å². The molecule has 0 atom stereocenters. The molecule has 0 aliphatic heterocycles. The molecule has 0 aliphatic carbocycles. The topological polar surface area (TPSA) is 72.7 Å². The van der Waals surface area contributed by atoms with Crippen molar-refractivity contribution >= 4 is 23.5 Å². The number of nitrogens with zero attached hydrogens (tertiary/aromatic N) is 4. The molecule has 3 rings (SSSR count). The van der Waals surface area contributed by atoms with Gasteiger partial charge in [0.2, 0.25) is 5.91 Å². The normalized spacial score (nSPS) is 10.4. The smallest absolute Gasteiger partial charge is 0.235 e. The maximum atomic E-state index is 12.0. The highest BCUT2D eigenvalue weighted by atomic mass is 32.2. The van der Waals surface area contributed by atoms with E-state index < -0.39 is 0 Å². The Morgan fingerprint density at radius 2 is 2.09 bits per heavy atom. The van der Waals surface area contributed by atoms with Crippen LogP contribution in [0.4, 0.5) is 5.82 Å². The summed E-state index contributed by atoms with van der Waals surface area (Å²) in [5, 5.41) is 2.79. The highest BCUT2D eigenvalue weighted by molar-refractivity contribution is 7.99. The van der Waals surface area contributed by atoms with Gasteiger partial charge in [0.1, 0.15) is 24.3 Å². The number of hydrogen-bond acceptors (Lipinski definition) is 5. The highest BCUT2D eigenvalue weighted by Gasteiger charge is 2.06. The summed E-state index contributed by atoms with van der Waals surface area (Å²) in [6.07, 6.45) is 6.51. The minimum atomic E-state index is -0.0822. The van der Waals surface area contributed by atoms with Crippen molar-refractivity contribution in [1.82, 2.24) is 19.5 Å². The molecule has 0 spiro atoms. The van der Waals surface area contributed by atoms with E-state index in [-0.39, 0.29) is 5.91 Å². The third kappa shape index (κ3) is 4.40. The second-order valence-corrected chi connectivity index (χ2v) is 5.74. The lowest BCUT2D eigenvalue weighted by atomic mass is 10.2. The van der Waals surface area contributed by atoms with Gasteiger partial charge in [-0.25, -0.2) is 15.0 Å². The van der Waals surface area contributed by atoms with Crippen LogP contribution in [0.1, 0.15) is 5.56 Å². The number of nitrogens with one attached hydrogen (secondary N) is 1. The molecular formula is C16H15N5OS. The van der Waals surface area contributed by atoms with Crippen LogP contribution in [0.2, 0.25) is 0 Å². The van der Waals surface area contributed by atoms with Crippen molar-refractivity contribution in [2.24, 2.45) is 0 Å². The summed E-state index contributed by atoms with van der Waals surface area (Å²) in [5.74, 6) is 2.23. The average molecular weight is 325 g/mol. The fraction of sp³-hybridized carbons (Fsp3) is 0.125. The van der Waals surface area contributed by atoms with Gasteiger partial charge >= 0.3 is 0 Å². The molecule has 0 bridgehead atoms. The summed E-state index contributed by atoms with van der Waals surface area (Å²) in [7, 11) is 0. The van der Waals surface area contributed by atoms with Gasteiger partial charge in [0.15, 0.2) is 0 Å². The summed E-state index contributed by atoms with van der Waals surface area (Å²) >= 11 is 1.57. The van der Waals surface area contributed by atoms with Gasteiger partial charge in [-0.05, 0) is 5.56 Å². The number of rotatable bonds is 6. The van der Waals surface area contributed by atoms with E-state index in [1.165, 1.54) is 11.9 Å². The molecule has 23 heavy (non-hydrogen) atoms. The number of amides is 1. The Labute approximate surface area is 138 Å². The minimum Gasteiger partial charge on any atom is -0.310 e. The zero-order valence-electron chi connectivity index (χ0n) is 12.3.